The average Bonchev–Trinajstić information content (AvgIpc) is 3.13. The zero-order chi connectivity index (χ0) is 40.7. The Labute approximate surface area is 336 Å². The molecule has 0 spiro atoms. The highest BCUT2D eigenvalue weighted by Crippen LogP contribution is 2.38. The van der Waals surface area contributed by atoms with Gasteiger partial charge in [-0.15, -0.1) is 0 Å². The Morgan fingerprint density at radius 1 is 0.564 bits per heavy atom. The fraction of sp³-hybridized carbons (Fsp3) is 0.689. The van der Waals surface area contributed by atoms with Crippen molar-refractivity contribution in [1.82, 2.24) is 0 Å². The Morgan fingerprint density at radius 2 is 1.02 bits per heavy atom. The van der Waals surface area contributed by atoms with Gasteiger partial charge in [-0.25, -0.2) is 0 Å². The summed E-state index contributed by atoms with van der Waals surface area (Å²) >= 11 is 0. The van der Waals surface area contributed by atoms with E-state index in [4.69, 9.17) is 18.5 Å². The summed E-state index contributed by atoms with van der Waals surface area (Å²) in [7, 11) is 1.11. The number of quaternary nitrogens is 1. The monoisotopic (exact) mass is 792 g/mol. The molecule has 55 heavy (non-hydrogen) atoms. The number of hydrogen-bond donors (Lipinski definition) is 0. The summed E-state index contributed by atoms with van der Waals surface area (Å²) < 4.78 is 33.8. The van der Waals surface area contributed by atoms with Crippen LogP contribution < -0.4 is 4.89 Å². The molecule has 0 heterocycles. The van der Waals surface area contributed by atoms with E-state index in [1.165, 1.54) is 38.5 Å². The van der Waals surface area contributed by atoms with Crippen LogP contribution in [0, 0.1) is 0 Å². The SMILES string of the molecule is CCCC/C=C\C/C=C\CCCCCCCC(=O)O[C@H](COC(=O)CCC/C=C\C/C=C\C/C=C\C/C=C\CCCCC)COP(=O)([O-])OCC[N+](C)(C)C. The summed E-state index contributed by atoms with van der Waals surface area (Å²) in [5.74, 6) is -0.925. The molecule has 0 bridgehead atoms. The van der Waals surface area contributed by atoms with Gasteiger partial charge in [-0.3, -0.25) is 14.2 Å². The van der Waals surface area contributed by atoms with E-state index in [0.29, 0.717) is 23.9 Å². The Bertz CT molecular complexity index is 1170. The highest BCUT2D eigenvalue weighted by molar-refractivity contribution is 7.45. The molecular formula is C45H78NO8P. The Balaban J connectivity index is 4.52. The van der Waals surface area contributed by atoms with E-state index in [-0.39, 0.29) is 26.1 Å². The number of phosphoric acid groups is 1. The van der Waals surface area contributed by atoms with Crippen LogP contribution in [0.3, 0.4) is 0 Å². The summed E-state index contributed by atoms with van der Waals surface area (Å²) in [5.41, 5.74) is 0. The molecule has 2 atom stereocenters. The van der Waals surface area contributed by atoms with Crippen LogP contribution in [0.4, 0.5) is 0 Å². The highest BCUT2D eigenvalue weighted by Gasteiger charge is 2.21. The Kier molecular flexibility index (Phi) is 35.3. The Hall–Kier alpha value is -2.55. The quantitative estimate of drug-likeness (QED) is 0.0201. The topological polar surface area (TPSA) is 111 Å². The molecule has 0 fully saturated rings. The van der Waals surface area contributed by atoms with E-state index in [1.54, 1.807) is 0 Å². The van der Waals surface area contributed by atoms with Gasteiger partial charge in [0.15, 0.2) is 6.10 Å². The molecule has 0 saturated heterocycles. The summed E-state index contributed by atoms with van der Waals surface area (Å²) in [6.45, 7) is 4.05. The predicted octanol–water partition coefficient (Wildman–Crippen LogP) is 11.2. The van der Waals surface area contributed by atoms with Gasteiger partial charge in [0.25, 0.3) is 7.82 Å². The fourth-order valence-electron chi connectivity index (χ4n) is 5.07. The normalized spacial score (nSPS) is 14.4. The average molecular weight is 792 g/mol. The first-order chi connectivity index (χ1) is 26.5. The lowest BCUT2D eigenvalue weighted by Crippen LogP contribution is -2.37. The minimum absolute atomic E-state index is 0.0457. The molecule has 316 valence electrons. The summed E-state index contributed by atoms with van der Waals surface area (Å²) in [6.07, 6.45) is 45.0. The largest absolute Gasteiger partial charge is 0.756 e. The van der Waals surface area contributed by atoms with Crippen LogP contribution in [0.25, 0.3) is 0 Å². The number of hydrogen-bond acceptors (Lipinski definition) is 8. The van der Waals surface area contributed by atoms with Gasteiger partial charge < -0.3 is 27.9 Å². The molecular weight excluding hydrogens is 713 g/mol. The van der Waals surface area contributed by atoms with E-state index in [0.717, 1.165) is 70.6 Å². The lowest BCUT2D eigenvalue weighted by Gasteiger charge is -2.28. The number of nitrogens with zero attached hydrogens (tertiary/aromatic N) is 1. The third kappa shape index (κ3) is 40.9. The van der Waals surface area contributed by atoms with E-state index < -0.39 is 32.5 Å². The molecule has 9 nitrogen and oxygen atoms in total. The second-order valence-corrected chi connectivity index (χ2v) is 16.4. The Morgan fingerprint density at radius 3 is 1.56 bits per heavy atom. The van der Waals surface area contributed by atoms with Crippen molar-refractivity contribution < 1.29 is 42.1 Å². The van der Waals surface area contributed by atoms with Crippen LogP contribution in [0.1, 0.15) is 149 Å². The molecule has 1 unspecified atom stereocenters. The van der Waals surface area contributed by atoms with Gasteiger partial charge in [-0.2, -0.15) is 0 Å². The number of carbonyl (C=O) groups excluding carboxylic acids is 2. The van der Waals surface area contributed by atoms with Crippen LogP contribution in [0.15, 0.2) is 72.9 Å². The van der Waals surface area contributed by atoms with Gasteiger partial charge >= 0.3 is 11.9 Å². The van der Waals surface area contributed by atoms with Crippen molar-refractivity contribution in [3.8, 4) is 0 Å². The number of rotatable bonds is 37. The van der Waals surface area contributed by atoms with E-state index in [2.05, 4.69) is 80.7 Å². The molecule has 0 aromatic heterocycles. The van der Waals surface area contributed by atoms with E-state index in [9.17, 15) is 19.0 Å². The van der Waals surface area contributed by atoms with Gasteiger partial charge in [0.1, 0.15) is 19.8 Å². The fourth-order valence-corrected chi connectivity index (χ4v) is 5.80. The van der Waals surface area contributed by atoms with Crippen molar-refractivity contribution in [3.63, 3.8) is 0 Å². The van der Waals surface area contributed by atoms with Gasteiger partial charge in [-0.1, -0.05) is 132 Å². The van der Waals surface area contributed by atoms with Crippen molar-refractivity contribution in [2.24, 2.45) is 0 Å². The second-order valence-electron chi connectivity index (χ2n) is 15.0. The number of phosphoric ester groups is 1. The smallest absolute Gasteiger partial charge is 0.306 e. The van der Waals surface area contributed by atoms with Crippen molar-refractivity contribution >= 4 is 19.8 Å². The molecule has 0 radical (unpaired) electrons. The lowest BCUT2D eigenvalue weighted by molar-refractivity contribution is -0.870. The molecule has 0 aromatic rings. The van der Waals surface area contributed by atoms with Crippen molar-refractivity contribution in [1.29, 1.82) is 0 Å². The summed E-state index contributed by atoms with van der Waals surface area (Å²) in [5, 5.41) is 0. The number of allylic oxidation sites excluding steroid dienone is 12. The van der Waals surface area contributed by atoms with Crippen molar-refractivity contribution in [2.75, 3.05) is 47.5 Å². The summed E-state index contributed by atoms with van der Waals surface area (Å²) in [6, 6.07) is 0. The first-order valence-corrected chi connectivity index (χ1v) is 22.6. The molecule has 0 aliphatic carbocycles. The predicted molar refractivity (Wildman–Crippen MR) is 226 cm³/mol. The maximum Gasteiger partial charge on any atom is 0.306 e. The number of ether oxygens (including phenoxy) is 2. The third-order valence-corrected chi connectivity index (χ3v) is 9.41. The van der Waals surface area contributed by atoms with Gasteiger partial charge in [0.05, 0.1) is 27.7 Å². The van der Waals surface area contributed by atoms with Gasteiger partial charge in [0, 0.05) is 12.8 Å². The molecule has 10 heteroatoms. The highest BCUT2D eigenvalue weighted by atomic mass is 31.2. The first-order valence-electron chi connectivity index (χ1n) is 21.1. The maximum atomic E-state index is 12.6. The number of unbranched alkanes of at least 4 members (excludes halogenated alkanes) is 11. The number of esters is 2. The number of likely N-dealkylation sites (N-methyl/N-ethyl adjacent to an activating group) is 1. The van der Waals surface area contributed by atoms with E-state index in [1.807, 2.05) is 27.2 Å². The third-order valence-electron chi connectivity index (χ3n) is 8.45. The molecule has 0 saturated carbocycles. The van der Waals surface area contributed by atoms with E-state index >= 15 is 0 Å². The molecule has 0 aliphatic heterocycles. The van der Waals surface area contributed by atoms with Crippen LogP contribution >= 0.6 is 7.82 Å². The van der Waals surface area contributed by atoms with Crippen LogP contribution in [0.2, 0.25) is 0 Å². The maximum absolute atomic E-state index is 12.6. The summed E-state index contributed by atoms with van der Waals surface area (Å²) in [4.78, 5) is 37.4. The van der Waals surface area contributed by atoms with Crippen LogP contribution in [0.5, 0.6) is 0 Å². The zero-order valence-electron chi connectivity index (χ0n) is 35.3. The molecule has 0 aliphatic rings. The van der Waals surface area contributed by atoms with Crippen molar-refractivity contribution in [2.45, 2.75) is 155 Å². The molecule has 0 amide bonds. The lowest BCUT2D eigenvalue weighted by atomic mass is 10.1. The van der Waals surface area contributed by atoms with Gasteiger partial charge in [0.2, 0.25) is 0 Å². The van der Waals surface area contributed by atoms with Crippen LogP contribution in [-0.4, -0.2) is 70.0 Å². The molecule has 0 aromatic carbocycles. The van der Waals surface area contributed by atoms with Crippen molar-refractivity contribution in [3.05, 3.63) is 72.9 Å². The minimum Gasteiger partial charge on any atom is -0.756 e. The molecule has 0 rings (SSSR count). The minimum atomic E-state index is -4.64. The standard InChI is InChI=1S/C45H78NO8P/c1-6-8-10-12-14-16-18-20-22-23-24-26-27-29-31-33-35-37-44(47)51-41-43(42-53-55(49,50)52-40-39-46(3,4)5)54-45(48)38-36-34-32-30-28-25-21-19-17-15-13-11-9-7-2/h13-16,19-22,24,26,29,31,43H,6-12,17-18,23,25,27-28,30,32-42H2,1-5H3/b15-13-,16-14-,21-19-,22-20-,26-24-,31-29-/t43-/m1/s1. The second kappa shape index (κ2) is 37.1. The van der Waals surface area contributed by atoms with Gasteiger partial charge in [-0.05, 0) is 77.0 Å². The zero-order valence-corrected chi connectivity index (χ0v) is 36.2. The van der Waals surface area contributed by atoms with Crippen LogP contribution in [-0.2, 0) is 32.7 Å². The first kappa shape index (κ1) is 52.5. The molecule has 0 N–H and O–H groups in total. The number of carbonyl (C=O) groups is 2.